The summed E-state index contributed by atoms with van der Waals surface area (Å²) in [6, 6.07) is 14.5. The number of ether oxygens (including phenoxy) is 2. The molecular formula is C19H22N2O4S. The number of methoxy groups -OCH3 is 1. The first-order valence-electron chi connectivity index (χ1n) is 7.97. The average Bonchev–Trinajstić information content (AvgIpc) is 2.66. The quantitative estimate of drug-likeness (QED) is 0.720. The summed E-state index contributed by atoms with van der Waals surface area (Å²) in [4.78, 5) is 26.6. The Labute approximate surface area is 157 Å². The molecule has 0 heterocycles. The molecule has 138 valence electrons. The summed E-state index contributed by atoms with van der Waals surface area (Å²) >= 11 is 1.55. The summed E-state index contributed by atoms with van der Waals surface area (Å²) in [5.41, 5.74) is 0.736. The van der Waals surface area contributed by atoms with Gasteiger partial charge in [0.05, 0.1) is 19.3 Å². The van der Waals surface area contributed by atoms with Gasteiger partial charge in [0.15, 0.2) is 6.61 Å². The van der Waals surface area contributed by atoms with E-state index in [0.29, 0.717) is 11.5 Å². The van der Waals surface area contributed by atoms with Crippen molar-refractivity contribution >= 4 is 29.3 Å². The molecule has 0 radical (unpaired) electrons. The molecule has 0 spiro atoms. The van der Waals surface area contributed by atoms with Gasteiger partial charge in [0.2, 0.25) is 5.91 Å². The number of thioether (sulfide) groups is 1. The van der Waals surface area contributed by atoms with Crippen LogP contribution >= 0.6 is 11.8 Å². The second-order valence-corrected chi connectivity index (χ2v) is 6.31. The van der Waals surface area contributed by atoms with Crippen LogP contribution in [0, 0.1) is 0 Å². The van der Waals surface area contributed by atoms with Crippen molar-refractivity contribution in [2.75, 3.05) is 38.9 Å². The number of para-hydroxylation sites is 1. The van der Waals surface area contributed by atoms with Gasteiger partial charge in [-0.25, -0.2) is 0 Å². The molecule has 1 N–H and O–H groups in total. The van der Waals surface area contributed by atoms with Gasteiger partial charge < -0.3 is 19.7 Å². The van der Waals surface area contributed by atoms with Crippen LogP contribution in [0.1, 0.15) is 0 Å². The third-order valence-electron chi connectivity index (χ3n) is 3.61. The van der Waals surface area contributed by atoms with E-state index in [9.17, 15) is 9.59 Å². The number of likely N-dealkylation sites (N-methyl/N-ethyl adjacent to an activating group) is 1. The van der Waals surface area contributed by atoms with Crippen LogP contribution in [0.2, 0.25) is 0 Å². The second kappa shape index (κ2) is 9.72. The summed E-state index contributed by atoms with van der Waals surface area (Å²) < 4.78 is 10.5. The van der Waals surface area contributed by atoms with Crippen LogP contribution in [0.25, 0.3) is 0 Å². The van der Waals surface area contributed by atoms with Gasteiger partial charge in [0.25, 0.3) is 5.91 Å². The predicted molar refractivity (Wildman–Crippen MR) is 103 cm³/mol. The van der Waals surface area contributed by atoms with Gasteiger partial charge in [0, 0.05) is 11.9 Å². The van der Waals surface area contributed by atoms with Gasteiger partial charge >= 0.3 is 0 Å². The van der Waals surface area contributed by atoms with E-state index in [0.717, 1.165) is 10.6 Å². The Morgan fingerprint density at radius 3 is 2.38 bits per heavy atom. The minimum Gasteiger partial charge on any atom is -0.497 e. The maximum Gasteiger partial charge on any atom is 0.260 e. The zero-order valence-corrected chi connectivity index (χ0v) is 15.8. The first-order valence-corrected chi connectivity index (χ1v) is 9.19. The predicted octanol–water partition coefficient (Wildman–Crippen LogP) is 2.89. The molecule has 2 rings (SSSR count). The van der Waals surface area contributed by atoms with Crippen LogP contribution in [-0.4, -0.2) is 50.3 Å². The van der Waals surface area contributed by atoms with Gasteiger partial charge in [-0.05, 0) is 42.7 Å². The fourth-order valence-corrected chi connectivity index (χ4v) is 2.72. The normalized spacial score (nSPS) is 10.1. The molecule has 0 bridgehead atoms. The zero-order valence-electron chi connectivity index (χ0n) is 15.0. The van der Waals surface area contributed by atoms with Gasteiger partial charge in [-0.2, -0.15) is 0 Å². The lowest BCUT2D eigenvalue weighted by atomic mass is 10.3. The fraction of sp³-hybridized carbons (Fsp3) is 0.263. The molecule has 0 fully saturated rings. The first-order chi connectivity index (χ1) is 12.5. The van der Waals surface area contributed by atoms with Crippen molar-refractivity contribution < 1.29 is 19.1 Å². The van der Waals surface area contributed by atoms with E-state index in [-0.39, 0.29) is 25.0 Å². The number of hydrogen-bond acceptors (Lipinski definition) is 5. The third kappa shape index (κ3) is 5.70. The summed E-state index contributed by atoms with van der Waals surface area (Å²) in [7, 11) is 3.15. The van der Waals surface area contributed by atoms with Crippen molar-refractivity contribution in [2.45, 2.75) is 4.90 Å². The lowest BCUT2D eigenvalue weighted by Crippen LogP contribution is -2.37. The van der Waals surface area contributed by atoms with Crippen LogP contribution in [0.4, 0.5) is 5.69 Å². The molecule has 0 aliphatic heterocycles. The van der Waals surface area contributed by atoms with E-state index in [4.69, 9.17) is 9.47 Å². The molecule has 2 aromatic rings. The lowest BCUT2D eigenvalue weighted by molar-refractivity contribution is -0.135. The number of nitrogens with one attached hydrogen (secondary N) is 1. The minimum absolute atomic E-state index is 0.0481. The molecule has 0 aliphatic rings. The highest BCUT2D eigenvalue weighted by Crippen LogP contribution is 2.24. The standard InChI is InChI=1S/C19H22N2O4S/c1-21(12-18(22)20-16-6-4-5-7-17(16)26-3)19(23)13-25-15-10-8-14(24-2)9-11-15/h4-11H,12-13H2,1-3H3,(H,20,22). The monoisotopic (exact) mass is 374 g/mol. The summed E-state index contributed by atoms with van der Waals surface area (Å²) in [6.45, 7) is -0.189. The van der Waals surface area contributed by atoms with E-state index >= 15 is 0 Å². The van der Waals surface area contributed by atoms with Crippen molar-refractivity contribution in [3.05, 3.63) is 48.5 Å². The lowest BCUT2D eigenvalue weighted by Gasteiger charge is -2.18. The number of carbonyl (C=O) groups excluding carboxylic acids is 2. The fourth-order valence-electron chi connectivity index (χ4n) is 2.17. The topological polar surface area (TPSA) is 67.9 Å². The molecule has 0 aliphatic carbocycles. The largest absolute Gasteiger partial charge is 0.497 e. The van der Waals surface area contributed by atoms with Crippen molar-refractivity contribution in [1.82, 2.24) is 4.90 Å². The zero-order chi connectivity index (χ0) is 18.9. The number of amides is 2. The molecule has 2 amide bonds. The first kappa shape index (κ1) is 19.7. The van der Waals surface area contributed by atoms with Crippen molar-refractivity contribution in [1.29, 1.82) is 0 Å². The highest BCUT2D eigenvalue weighted by Gasteiger charge is 2.14. The number of benzene rings is 2. The SMILES string of the molecule is COc1ccc(OCC(=O)N(C)CC(=O)Nc2ccccc2SC)cc1. The molecule has 0 saturated carbocycles. The molecule has 0 unspecified atom stereocenters. The molecule has 2 aromatic carbocycles. The minimum atomic E-state index is -0.283. The Bertz CT molecular complexity index is 749. The number of carbonyl (C=O) groups is 2. The smallest absolute Gasteiger partial charge is 0.260 e. The molecule has 7 heteroatoms. The molecule has 26 heavy (non-hydrogen) atoms. The van der Waals surface area contributed by atoms with E-state index in [2.05, 4.69) is 5.32 Å². The van der Waals surface area contributed by atoms with Crippen LogP contribution < -0.4 is 14.8 Å². The Kier molecular flexibility index (Phi) is 7.35. The van der Waals surface area contributed by atoms with Gasteiger partial charge in [0.1, 0.15) is 11.5 Å². The molecule has 0 atom stereocenters. The maximum absolute atomic E-state index is 12.2. The molecule has 6 nitrogen and oxygen atoms in total. The maximum atomic E-state index is 12.2. The highest BCUT2D eigenvalue weighted by molar-refractivity contribution is 7.98. The van der Waals surface area contributed by atoms with Crippen molar-refractivity contribution in [3.63, 3.8) is 0 Å². The van der Waals surface area contributed by atoms with Crippen molar-refractivity contribution in [3.8, 4) is 11.5 Å². The molecular weight excluding hydrogens is 352 g/mol. The Balaban J connectivity index is 1.82. The van der Waals surface area contributed by atoms with Crippen LogP contribution in [-0.2, 0) is 9.59 Å². The van der Waals surface area contributed by atoms with E-state index in [1.165, 1.54) is 4.90 Å². The Morgan fingerprint density at radius 2 is 1.73 bits per heavy atom. The van der Waals surface area contributed by atoms with E-state index in [1.807, 2.05) is 30.5 Å². The Hall–Kier alpha value is -2.67. The summed E-state index contributed by atoms with van der Waals surface area (Å²) in [5, 5.41) is 2.83. The second-order valence-electron chi connectivity index (χ2n) is 5.46. The van der Waals surface area contributed by atoms with Crippen molar-refractivity contribution in [2.24, 2.45) is 0 Å². The van der Waals surface area contributed by atoms with Crippen LogP contribution in [0.3, 0.4) is 0 Å². The van der Waals surface area contributed by atoms with Gasteiger partial charge in [-0.3, -0.25) is 9.59 Å². The third-order valence-corrected chi connectivity index (χ3v) is 4.41. The molecule has 0 aromatic heterocycles. The summed E-state index contributed by atoms with van der Waals surface area (Å²) in [6.07, 6.45) is 1.94. The number of hydrogen-bond donors (Lipinski definition) is 1. The highest BCUT2D eigenvalue weighted by atomic mass is 32.2. The van der Waals surface area contributed by atoms with E-state index in [1.54, 1.807) is 50.2 Å². The average molecular weight is 374 g/mol. The number of rotatable bonds is 8. The van der Waals surface area contributed by atoms with Crippen LogP contribution in [0.5, 0.6) is 11.5 Å². The van der Waals surface area contributed by atoms with Gasteiger partial charge in [-0.15, -0.1) is 11.8 Å². The number of nitrogens with zero attached hydrogens (tertiary/aromatic N) is 1. The van der Waals surface area contributed by atoms with E-state index < -0.39 is 0 Å². The molecule has 0 saturated heterocycles. The Morgan fingerprint density at radius 1 is 1.08 bits per heavy atom. The van der Waals surface area contributed by atoms with Gasteiger partial charge in [-0.1, -0.05) is 12.1 Å². The van der Waals surface area contributed by atoms with Crippen LogP contribution in [0.15, 0.2) is 53.4 Å². The summed E-state index contributed by atoms with van der Waals surface area (Å²) in [5.74, 6) is 0.731. The number of anilines is 1.